The third-order valence-electron chi connectivity index (χ3n) is 3.80. The molecule has 0 saturated carbocycles. The molecule has 0 aliphatic heterocycles. The second-order valence-corrected chi connectivity index (χ2v) is 5.21. The maximum absolute atomic E-state index is 10.2. The number of aromatic nitrogens is 2. The normalized spacial score (nSPS) is 15.4. The number of ether oxygens (including phenoxy) is 1. The second kappa shape index (κ2) is 7.24. The van der Waals surface area contributed by atoms with Crippen LogP contribution in [0.5, 0.6) is 5.75 Å². The molecule has 0 fully saturated rings. The van der Waals surface area contributed by atoms with Gasteiger partial charge in [0.1, 0.15) is 5.75 Å². The van der Waals surface area contributed by atoms with E-state index in [0.29, 0.717) is 6.54 Å². The number of aliphatic hydroxyl groups is 1. The van der Waals surface area contributed by atoms with E-state index in [-0.39, 0.29) is 12.1 Å². The molecule has 0 aliphatic carbocycles. The topological polar surface area (TPSA) is 59.3 Å². The van der Waals surface area contributed by atoms with E-state index in [2.05, 4.69) is 24.3 Å². The molecule has 0 spiro atoms. The molecule has 1 aromatic carbocycles. The molecular formula is C16H23N3O2. The lowest BCUT2D eigenvalue weighted by Gasteiger charge is -2.23. The molecule has 0 radical (unpaired) electrons. The predicted octanol–water partition coefficient (Wildman–Crippen LogP) is 2.16. The number of aliphatic hydroxyl groups excluding tert-OH is 1. The van der Waals surface area contributed by atoms with E-state index in [1.807, 2.05) is 41.2 Å². The maximum Gasteiger partial charge on any atom is 0.118 e. The quantitative estimate of drug-likeness (QED) is 0.820. The van der Waals surface area contributed by atoms with Gasteiger partial charge in [0.05, 0.1) is 19.3 Å². The van der Waals surface area contributed by atoms with Crippen LogP contribution in [-0.4, -0.2) is 34.6 Å². The Morgan fingerprint density at radius 3 is 2.57 bits per heavy atom. The zero-order valence-corrected chi connectivity index (χ0v) is 12.7. The molecule has 0 unspecified atom stereocenters. The summed E-state index contributed by atoms with van der Waals surface area (Å²) in [5, 5.41) is 17.8. The van der Waals surface area contributed by atoms with Crippen molar-refractivity contribution in [1.82, 2.24) is 15.1 Å². The van der Waals surface area contributed by atoms with Crippen LogP contribution >= 0.6 is 0 Å². The number of hydrogen-bond acceptors (Lipinski definition) is 4. The lowest BCUT2D eigenvalue weighted by molar-refractivity contribution is 0.165. The van der Waals surface area contributed by atoms with Crippen molar-refractivity contribution in [2.75, 3.05) is 13.7 Å². The number of nitrogens with zero attached hydrogens (tertiary/aromatic N) is 2. The van der Waals surface area contributed by atoms with Crippen molar-refractivity contribution in [3.63, 3.8) is 0 Å². The highest BCUT2D eigenvalue weighted by Gasteiger charge is 2.15. The van der Waals surface area contributed by atoms with Gasteiger partial charge in [-0.15, -0.1) is 0 Å². The Morgan fingerprint density at radius 1 is 1.29 bits per heavy atom. The van der Waals surface area contributed by atoms with Gasteiger partial charge in [-0.2, -0.15) is 5.10 Å². The predicted molar refractivity (Wildman–Crippen MR) is 82.4 cm³/mol. The van der Waals surface area contributed by atoms with Gasteiger partial charge in [0.25, 0.3) is 0 Å². The van der Waals surface area contributed by atoms with Crippen LogP contribution in [0.15, 0.2) is 42.7 Å². The van der Waals surface area contributed by atoms with Crippen molar-refractivity contribution in [3.05, 3.63) is 48.3 Å². The Labute approximate surface area is 125 Å². The molecular weight excluding hydrogens is 266 g/mol. The van der Waals surface area contributed by atoms with Gasteiger partial charge in [-0.3, -0.25) is 4.68 Å². The van der Waals surface area contributed by atoms with Crippen molar-refractivity contribution in [2.45, 2.75) is 32.0 Å². The molecule has 0 bridgehead atoms. The highest BCUT2D eigenvalue weighted by Crippen LogP contribution is 2.17. The molecule has 114 valence electrons. The molecule has 2 rings (SSSR count). The summed E-state index contributed by atoms with van der Waals surface area (Å²) in [6, 6.07) is 9.82. The Bertz CT molecular complexity index is 525. The van der Waals surface area contributed by atoms with Gasteiger partial charge >= 0.3 is 0 Å². The smallest absolute Gasteiger partial charge is 0.118 e. The summed E-state index contributed by atoms with van der Waals surface area (Å²) < 4.78 is 7.03. The summed E-state index contributed by atoms with van der Waals surface area (Å²) in [5.41, 5.74) is 0.877. The Morgan fingerprint density at radius 2 is 2.00 bits per heavy atom. The molecule has 1 aromatic heterocycles. The van der Waals surface area contributed by atoms with Crippen LogP contribution in [0.2, 0.25) is 0 Å². The number of methoxy groups -OCH3 is 1. The van der Waals surface area contributed by atoms with Crippen LogP contribution < -0.4 is 10.1 Å². The minimum atomic E-state index is -0.539. The molecule has 3 atom stereocenters. The maximum atomic E-state index is 10.2. The summed E-state index contributed by atoms with van der Waals surface area (Å²) >= 11 is 0. The van der Waals surface area contributed by atoms with E-state index in [0.717, 1.165) is 11.3 Å². The molecule has 5 nitrogen and oxygen atoms in total. The van der Waals surface area contributed by atoms with Crippen molar-refractivity contribution in [1.29, 1.82) is 0 Å². The van der Waals surface area contributed by atoms with Gasteiger partial charge in [-0.25, -0.2) is 0 Å². The third kappa shape index (κ3) is 4.06. The van der Waals surface area contributed by atoms with E-state index >= 15 is 0 Å². The molecule has 21 heavy (non-hydrogen) atoms. The molecule has 0 saturated heterocycles. The largest absolute Gasteiger partial charge is 0.497 e. The first-order valence-electron chi connectivity index (χ1n) is 7.16. The second-order valence-electron chi connectivity index (χ2n) is 5.21. The zero-order chi connectivity index (χ0) is 15.2. The van der Waals surface area contributed by atoms with Gasteiger partial charge in [0.15, 0.2) is 0 Å². The monoisotopic (exact) mass is 289 g/mol. The first-order chi connectivity index (χ1) is 10.1. The third-order valence-corrected chi connectivity index (χ3v) is 3.80. The number of hydrogen-bond donors (Lipinski definition) is 2. The fraction of sp³-hybridized carbons (Fsp3) is 0.438. The summed E-state index contributed by atoms with van der Waals surface area (Å²) in [6.45, 7) is 4.69. The summed E-state index contributed by atoms with van der Waals surface area (Å²) in [7, 11) is 1.63. The summed E-state index contributed by atoms with van der Waals surface area (Å²) in [5.74, 6) is 0.791. The van der Waals surface area contributed by atoms with Crippen LogP contribution in [0.25, 0.3) is 0 Å². The minimum absolute atomic E-state index is 0.206. The molecule has 2 aromatic rings. The van der Waals surface area contributed by atoms with Gasteiger partial charge in [0.2, 0.25) is 0 Å². The van der Waals surface area contributed by atoms with E-state index in [9.17, 15) is 5.11 Å². The number of rotatable bonds is 7. The Kier molecular flexibility index (Phi) is 5.36. The average molecular weight is 289 g/mol. The van der Waals surface area contributed by atoms with Crippen LogP contribution in [-0.2, 0) is 0 Å². The molecule has 0 amide bonds. The highest BCUT2D eigenvalue weighted by atomic mass is 16.5. The van der Waals surface area contributed by atoms with E-state index in [4.69, 9.17) is 4.74 Å². The van der Waals surface area contributed by atoms with Crippen LogP contribution in [0.3, 0.4) is 0 Å². The fourth-order valence-corrected chi connectivity index (χ4v) is 2.16. The van der Waals surface area contributed by atoms with Gasteiger partial charge in [-0.1, -0.05) is 12.1 Å². The molecule has 0 aliphatic rings. The van der Waals surface area contributed by atoms with Crippen molar-refractivity contribution < 1.29 is 9.84 Å². The van der Waals surface area contributed by atoms with Gasteiger partial charge < -0.3 is 15.2 Å². The molecule has 1 heterocycles. The van der Waals surface area contributed by atoms with Crippen molar-refractivity contribution in [3.8, 4) is 5.75 Å². The highest BCUT2D eigenvalue weighted by molar-refractivity contribution is 5.28. The van der Waals surface area contributed by atoms with Gasteiger partial charge in [-0.05, 0) is 37.6 Å². The lowest BCUT2D eigenvalue weighted by Crippen LogP contribution is -2.36. The first-order valence-corrected chi connectivity index (χ1v) is 7.16. The Hall–Kier alpha value is -1.85. The SMILES string of the molecule is COc1ccc([C@H](O)CN[C@H](C)[C@H](C)n2cccn2)cc1. The van der Waals surface area contributed by atoms with Gasteiger partial charge in [0, 0.05) is 25.0 Å². The van der Waals surface area contributed by atoms with Crippen molar-refractivity contribution in [2.24, 2.45) is 0 Å². The Balaban J connectivity index is 1.86. The lowest BCUT2D eigenvalue weighted by atomic mass is 10.1. The van der Waals surface area contributed by atoms with E-state index in [1.165, 1.54) is 0 Å². The summed E-state index contributed by atoms with van der Waals surface area (Å²) in [4.78, 5) is 0. The number of benzene rings is 1. The van der Waals surface area contributed by atoms with E-state index < -0.39 is 6.10 Å². The van der Waals surface area contributed by atoms with Crippen LogP contribution in [0.4, 0.5) is 0 Å². The fourth-order valence-electron chi connectivity index (χ4n) is 2.16. The van der Waals surface area contributed by atoms with Crippen molar-refractivity contribution >= 4 is 0 Å². The summed E-state index contributed by atoms with van der Waals surface area (Å²) in [6.07, 6.45) is 3.18. The molecule has 5 heteroatoms. The van der Waals surface area contributed by atoms with Crippen LogP contribution in [0, 0.1) is 0 Å². The molecule has 2 N–H and O–H groups in total. The standard InChI is InChI=1S/C16H23N3O2/c1-12(13(2)19-10-4-9-18-19)17-11-16(20)14-5-7-15(21-3)8-6-14/h4-10,12-13,16-17,20H,11H2,1-3H3/t12-,13+,16-/m1/s1. The average Bonchev–Trinajstić information content (AvgIpc) is 3.06. The zero-order valence-electron chi connectivity index (χ0n) is 12.7. The van der Waals surface area contributed by atoms with Crippen LogP contribution in [0.1, 0.15) is 31.6 Å². The minimum Gasteiger partial charge on any atom is -0.497 e. The number of nitrogens with one attached hydrogen (secondary N) is 1. The first kappa shape index (κ1) is 15.5. The van der Waals surface area contributed by atoms with E-state index in [1.54, 1.807) is 13.3 Å².